The summed E-state index contributed by atoms with van der Waals surface area (Å²) in [5, 5.41) is 17.1. The maximum absolute atomic E-state index is 11.8. The zero-order valence-electron chi connectivity index (χ0n) is 10.4. The van der Waals surface area contributed by atoms with Crippen molar-refractivity contribution < 1.29 is 18.3 Å². The zero-order valence-corrected chi connectivity index (χ0v) is 11.2. The van der Waals surface area contributed by atoms with Gasteiger partial charge in [-0.1, -0.05) is 12.1 Å². The molecule has 1 N–H and O–H groups in total. The van der Waals surface area contributed by atoms with Crippen LogP contribution < -0.4 is 0 Å². The minimum absolute atomic E-state index is 0.00755. The van der Waals surface area contributed by atoms with Gasteiger partial charge in [0.25, 0.3) is 0 Å². The minimum atomic E-state index is -3.23. The summed E-state index contributed by atoms with van der Waals surface area (Å²) in [7, 11) is -3.23. The van der Waals surface area contributed by atoms with Gasteiger partial charge in [-0.2, -0.15) is 5.26 Å². The molecule has 0 aliphatic rings. The Labute approximate surface area is 112 Å². The molecule has 19 heavy (non-hydrogen) atoms. The summed E-state index contributed by atoms with van der Waals surface area (Å²) in [6.07, 6.45) is 0.708. The number of carbonyl (C=O) groups is 1. The number of rotatable bonds is 7. The highest BCUT2D eigenvalue weighted by Gasteiger charge is 2.12. The van der Waals surface area contributed by atoms with E-state index in [-0.39, 0.29) is 17.9 Å². The van der Waals surface area contributed by atoms with Crippen molar-refractivity contribution in [3.63, 3.8) is 0 Å². The quantitative estimate of drug-likeness (QED) is 0.768. The zero-order chi connectivity index (χ0) is 14.3. The largest absolute Gasteiger partial charge is 0.481 e. The predicted molar refractivity (Wildman–Crippen MR) is 70.1 cm³/mol. The first-order valence-corrected chi connectivity index (χ1v) is 7.66. The number of unbranched alkanes of at least 4 members (excludes halogenated alkanes) is 1. The average molecular weight is 281 g/mol. The summed E-state index contributed by atoms with van der Waals surface area (Å²) >= 11 is 0. The molecule has 0 bridgehead atoms. The highest BCUT2D eigenvalue weighted by Crippen LogP contribution is 2.10. The number of hydrogen-bond donors (Lipinski definition) is 1. The van der Waals surface area contributed by atoms with Gasteiger partial charge in [0, 0.05) is 6.42 Å². The molecule has 1 rings (SSSR count). The number of aliphatic carboxylic acids is 1. The topological polar surface area (TPSA) is 95.2 Å². The van der Waals surface area contributed by atoms with Gasteiger partial charge in [0.15, 0.2) is 9.84 Å². The summed E-state index contributed by atoms with van der Waals surface area (Å²) in [4.78, 5) is 10.3. The first kappa shape index (κ1) is 15.2. The van der Waals surface area contributed by atoms with Crippen molar-refractivity contribution in [1.82, 2.24) is 0 Å². The van der Waals surface area contributed by atoms with E-state index in [0.717, 1.165) is 0 Å². The number of benzene rings is 1. The van der Waals surface area contributed by atoms with Gasteiger partial charge < -0.3 is 5.11 Å². The predicted octanol–water partition coefficient (Wildman–Crippen LogP) is 1.73. The van der Waals surface area contributed by atoms with E-state index in [9.17, 15) is 13.2 Å². The fourth-order valence-electron chi connectivity index (χ4n) is 1.60. The minimum Gasteiger partial charge on any atom is -0.481 e. The van der Waals surface area contributed by atoms with Gasteiger partial charge in [0.2, 0.25) is 0 Å². The molecule has 0 fully saturated rings. The highest BCUT2D eigenvalue weighted by atomic mass is 32.2. The second-order valence-corrected chi connectivity index (χ2v) is 6.44. The second kappa shape index (κ2) is 6.90. The van der Waals surface area contributed by atoms with Crippen LogP contribution in [0, 0.1) is 11.3 Å². The molecule has 5 nitrogen and oxygen atoms in total. The first-order chi connectivity index (χ1) is 8.93. The molecule has 0 aromatic heterocycles. The molecule has 6 heteroatoms. The summed E-state index contributed by atoms with van der Waals surface area (Å²) in [5.74, 6) is -1.00. The van der Waals surface area contributed by atoms with E-state index in [1.54, 1.807) is 24.3 Å². The van der Waals surface area contributed by atoms with E-state index in [1.807, 2.05) is 6.07 Å². The van der Waals surface area contributed by atoms with Crippen LogP contribution in [0.1, 0.15) is 30.4 Å². The molecule has 102 valence electrons. The number of carboxylic acid groups (broad SMARTS) is 1. The van der Waals surface area contributed by atoms with Crippen LogP contribution in [0.25, 0.3) is 0 Å². The van der Waals surface area contributed by atoms with Gasteiger partial charge >= 0.3 is 5.97 Å². The van der Waals surface area contributed by atoms with Crippen molar-refractivity contribution in [1.29, 1.82) is 5.26 Å². The van der Waals surface area contributed by atoms with Crippen LogP contribution in [0.2, 0.25) is 0 Å². The summed E-state index contributed by atoms with van der Waals surface area (Å²) in [5.41, 5.74) is 1.12. The normalized spacial score (nSPS) is 10.9. The van der Waals surface area contributed by atoms with Crippen molar-refractivity contribution in [2.45, 2.75) is 25.0 Å². The summed E-state index contributed by atoms with van der Waals surface area (Å²) in [6.45, 7) is 0. The van der Waals surface area contributed by atoms with Gasteiger partial charge in [-0.05, 0) is 30.5 Å². The Kier molecular flexibility index (Phi) is 5.52. The summed E-state index contributed by atoms with van der Waals surface area (Å²) < 4.78 is 23.6. The van der Waals surface area contributed by atoms with E-state index < -0.39 is 15.8 Å². The second-order valence-electron chi connectivity index (χ2n) is 4.25. The van der Waals surface area contributed by atoms with Gasteiger partial charge in [-0.25, -0.2) is 8.42 Å². The van der Waals surface area contributed by atoms with E-state index in [1.165, 1.54) is 0 Å². The van der Waals surface area contributed by atoms with Crippen LogP contribution in [0.5, 0.6) is 0 Å². The van der Waals surface area contributed by atoms with Crippen molar-refractivity contribution in [2.75, 3.05) is 5.75 Å². The Balaban J connectivity index is 2.49. The fraction of sp³-hybridized carbons (Fsp3) is 0.385. The van der Waals surface area contributed by atoms with E-state index in [2.05, 4.69) is 0 Å². The molecule has 1 aromatic rings. The molecule has 0 atom stereocenters. The Hall–Kier alpha value is -1.87. The molecule has 0 radical (unpaired) electrons. The third-order valence-electron chi connectivity index (χ3n) is 2.57. The number of carboxylic acids is 1. The van der Waals surface area contributed by atoms with Gasteiger partial charge in [0.05, 0.1) is 23.1 Å². The lowest BCUT2D eigenvalue weighted by Crippen LogP contribution is -2.10. The number of nitrogens with zero attached hydrogens (tertiary/aromatic N) is 1. The van der Waals surface area contributed by atoms with Crippen molar-refractivity contribution in [2.24, 2.45) is 0 Å². The average Bonchev–Trinajstić information content (AvgIpc) is 2.35. The third kappa shape index (κ3) is 6.02. The molecule has 0 spiro atoms. The van der Waals surface area contributed by atoms with Crippen molar-refractivity contribution in [3.8, 4) is 6.07 Å². The fourth-order valence-corrected chi connectivity index (χ4v) is 3.09. The molecule has 0 aliphatic carbocycles. The molecule has 1 aromatic carbocycles. The molecule has 0 saturated heterocycles. The molecule has 0 aliphatic heterocycles. The standard InChI is InChI=1S/C13H15NO4S/c14-9-11-4-6-12(7-5-11)10-19(17,18)8-2-1-3-13(15)16/h4-7H,1-3,8,10H2,(H,15,16). The highest BCUT2D eigenvalue weighted by molar-refractivity contribution is 7.90. The Morgan fingerprint density at radius 1 is 1.21 bits per heavy atom. The van der Waals surface area contributed by atoms with Gasteiger partial charge in [-0.15, -0.1) is 0 Å². The Morgan fingerprint density at radius 3 is 2.37 bits per heavy atom. The third-order valence-corrected chi connectivity index (χ3v) is 4.25. The SMILES string of the molecule is N#Cc1ccc(CS(=O)(=O)CCCCC(=O)O)cc1. The van der Waals surface area contributed by atoms with Crippen LogP contribution in [0.3, 0.4) is 0 Å². The lowest BCUT2D eigenvalue weighted by atomic mass is 10.2. The van der Waals surface area contributed by atoms with Crippen LogP contribution in [0.4, 0.5) is 0 Å². The van der Waals surface area contributed by atoms with Crippen LogP contribution >= 0.6 is 0 Å². The lowest BCUT2D eigenvalue weighted by Gasteiger charge is -2.04. The first-order valence-electron chi connectivity index (χ1n) is 5.84. The molecule has 0 unspecified atom stereocenters. The van der Waals surface area contributed by atoms with Crippen LogP contribution in [-0.2, 0) is 20.4 Å². The molecular weight excluding hydrogens is 266 g/mol. The Bertz CT molecular complexity index is 570. The maximum atomic E-state index is 11.8. The van der Waals surface area contributed by atoms with E-state index in [4.69, 9.17) is 10.4 Å². The number of sulfone groups is 1. The molecular formula is C13H15NO4S. The van der Waals surface area contributed by atoms with E-state index in [0.29, 0.717) is 24.0 Å². The van der Waals surface area contributed by atoms with E-state index >= 15 is 0 Å². The monoisotopic (exact) mass is 281 g/mol. The lowest BCUT2D eigenvalue weighted by molar-refractivity contribution is -0.137. The van der Waals surface area contributed by atoms with Gasteiger partial charge in [-0.3, -0.25) is 4.79 Å². The molecule has 0 saturated carbocycles. The molecule has 0 heterocycles. The van der Waals surface area contributed by atoms with Gasteiger partial charge in [0.1, 0.15) is 0 Å². The smallest absolute Gasteiger partial charge is 0.303 e. The maximum Gasteiger partial charge on any atom is 0.303 e. The molecule has 0 amide bonds. The Morgan fingerprint density at radius 2 is 1.84 bits per heavy atom. The van der Waals surface area contributed by atoms with Crippen LogP contribution in [-0.4, -0.2) is 25.2 Å². The van der Waals surface area contributed by atoms with Crippen LogP contribution in [0.15, 0.2) is 24.3 Å². The van der Waals surface area contributed by atoms with Crippen molar-refractivity contribution >= 4 is 15.8 Å². The number of nitriles is 1. The number of hydrogen-bond acceptors (Lipinski definition) is 4. The summed E-state index contributed by atoms with van der Waals surface area (Å²) in [6, 6.07) is 8.36. The van der Waals surface area contributed by atoms with Crippen molar-refractivity contribution in [3.05, 3.63) is 35.4 Å².